The Balaban J connectivity index is 2.02. The molecular weight excluding hydrogens is 270 g/mol. The van der Waals surface area contributed by atoms with E-state index in [4.69, 9.17) is 0 Å². The molecule has 2 rings (SSSR count). The van der Waals surface area contributed by atoms with Gasteiger partial charge in [-0.15, -0.1) is 0 Å². The molecule has 0 aliphatic carbocycles. The van der Waals surface area contributed by atoms with Crippen LogP contribution in [0.2, 0.25) is 0 Å². The minimum Gasteiger partial charge on any atom is -0.354 e. The molecular formula is C13H23N7O. The highest BCUT2D eigenvalue weighted by molar-refractivity contribution is 5.80. The van der Waals surface area contributed by atoms with E-state index >= 15 is 0 Å². The largest absolute Gasteiger partial charge is 0.354 e. The molecule has 2 N–H and O–H groups in total. The predicted molar refractivity (Wildman–Crippen MR) is 82.6 cm³/mol. The van der Waals surface area contributed by atoms with Crippen LogP contribution in [-0.2, 0) is 4.79 Å². The summed E-state index contributed by atoms with van der Waals surface area (Å²) < 4.78 is 0. The standard InChI is InChI=1S/C13H23N7O/c1-4-14-11-16-12(18-13(17-11)19(2)3)15-9-10(21)20-7-5-6-8-20/h4-9H2,1-3H3,(H2,14,15,16,17,18). The van der Waals surface area contributed by atoms with Crippen LogP contribution in [0.5, 0.6) is 0 Å². The van der Waals surface area contributed by atoms with Gasteiger partial charge in [0.15, 0.2) is 0 Å². The zero-order valence-electron chi connectivity index (χ0n) is 12.9. The van der Waals surface area contributed by atoms with E-state index in [2.05, 4.69) is 25.6 Å². The van der Waals surface area contributed by atoms with Gasteiger partial charge in [-0.1, -0.05) is 0 Å². The first-order valence-corrected chi connectivity index (χ1v) is 7.29. The van der Waals surface area contributed by atoms with Gasteiger partial charge in [0, 0.05) is 33.7 Å². The van der Waals surface area contributed by atoms with Crippen molar-refractivity contribution >= 4 is 23.8 Å². The average molecular weight is 293 g/mol. The van der Waals surface area contributed by atoms with E-state index in [1.807, 2.05) is 25.9 Å². The number of carbonyl (C=O) groups excluding carboxylic acids is 1. The van der Waals surface area contributed by atoms with Crippen molar-refractivity contribution in [3.05, 3.63) is 0 Å². The molecule has 0 atom stereocenters. The van der Waals surface area contributed by atoms with E-state index in [1.54, 1.807) is 4.90 Å². The molecule has 1 fully saturated rings. The van der Waals surface area contributed by atoms with Crippen LogP contribution in [0.3, 0.4) is 0 Å². The first-order chi connectivity index (χ1) is 10.1. The van der Waals surface area contributed by atoms with Crippen molar-refractivity contribution < 1.29 is 4.79 Å². The number of nitrogens with one attached hydrogen (secondary N) is 2. The number of hydrogen-bond donors (Lipinski definition) is 2. The van der Waals surface area contributed by atoms with Gasteiger partial charge in [-0.3, -0.25) is 4.79 Å². The Kier molecular flexibility index (Phi) is 5.13. The topological polar surface area (TPSA) is 86.3 Å². The summed E-state index contributed by atoms with van der Waals surface area (Å²) in [4.78, 5) is 28.5. The maximum atomic E-state index is 12.0. The van der Waals surface area contributed by atoms with Gasteiger partial charge in [0.05, 0.1) is 6.54 Å². The van der Waals surface area contributed by atoms with E-state index in [1.165, 1.54) is 0 Å². The molecule has 0 saturated carbocycles. The molecule has 0 radical (unpaired) electrons. The van der Waals surface area contributed by atoms with E-state index in [9.17, 15) is 4.79 Å². The first-order valence-electron chi connectivity index (χ1n) is 7.29. The van der Waals surface area contributed by atoms with E-state index in [-0.39, 0.29) is 12.5 Å². The number of likely N-dealkylation sites (tertiary alicyclic amines) is 1. The van der Waals surface area contributed by atoms with Crippen LogP contribution in [0.1, 0.15) is 19.8 Å². The fraction of sp³-hybridized carbons (Fsp3) is 0.692. The van der Waals surface area contributed by atoms with Crippen molar-refractivity contribution in [2.24, 2.45) is 0 Å². The molecule has 2 heterocycles. The van der Waals surface area contributed by atoms with Crippen molar-refractivity contribution in [1.29, 1.82) is 0 Å². The summed E-state index contributed by atoms with van der Waals surface area (Å²) in [5.41, 5.74) is 0. The SMILES string of the molecule is CCNc1nc(NCC(=O)N2CCCC2)nc(N(C)C)n1. The maximum Gasteiger partial charge on any atom is 0.241 e. The van der Waals surface area contributed by atoms with E-state index in [0.717, 1.165) is 32.5 Å². The van der Waals surface area contributed by atoms with Gasteiger partial charge in [0.2, 0.25) is 23.8 Å². The molecule has 8 nitrogen and oxygen atoms in total. The van der Waals surface area contributed by atoms with Crippen LogP contribution in [0.15, 0.2) is 0 Å². The number of rotatable bonds is 6. The third-order valence-corrected chi connectivity index (χ3v) is 3.21. The molecule has 1 saturated heterocycles. The Morgan fingerprint density at radius 2 is 1.76 bits per heavy atom. The number of anilines is 3. The Morgan fingerprint density at radius 3 is 2.33 bits per heavy atom. The molecule has 0 aromatic carbocycles. The number of amides is 1. The first kappa shape index (κ1) is 15.3. The molecule has 1 amide bonds. The summed E-state index contributed by atoms with van der Waals surface area (Å²) in [6, 6.07) is 0. The predicted octanol–water partition coefficient (Wildman–Crippen LogP) is 0.404. The quantitative estimate of drug-likeness (QED) is 0.785. The molecule has 1 aliphatic rings. The summed E-state index contributed by atoms with van der Waals surface area (Å²) in [5, 5.41) is 6.06. The normalized spacial score (nSPS) is 14.1. The summed E-state index contributed by atoms with van der Waals surface area (Å²) in [5.74, 6) is 1.56. The number of carbonyl (C=O) groups is 1. The minimum absolute atomic E-state index is 0.0873. The van der Waals surface area contributed by atoms with Crippen molar-refractivity contribution in [2.45, 2.75) is 19.8 Å². The van der Waals surface area contributed by atoms with Gasteiger partial charge in [-0.25, -0.2) is 0 Å². The molecule has 1 aliphatic heterocycles. The van der Waals surface area contributed by atoms with Crippen LogP contribution in [0.4, 0.5) is 17.8 Å². The third kappa shape index (κ3) is 4.17. The summed E-state index contributed by atoms with van der Waals surface area (Å²) in [6.45, 7) is 4.61. The van der Waals surface area contributed by atoms with Crippen LogP contribution in [-0.4, -0.2) is 66.0 Å². The van der Waals surface area contributed by atoms with Crippen molar-refractivity contribution in [2.75, 3.05) is 55.8 Å². The second kappa shape index (κ2) is 7.05. The minimum atomic E-state index is 0.0873. The lowest BCUT2D eigenvalue weighted by Gasteiger charge is -2.16. The Hall–Kier alpha value is -2.12. The van der Waals surface area contributed by atoms with Gasteiger partial charge in [0.1, 0.15) is 0 Å². The number of aromatic nitrogens is 3. The zero-order valence-corrected chi connectivity index (χ0v) is 12.9. The molecule has 1 aromatic rings. The highest BCUT2D eigenvalue weighted by Crippen LogP contribution is 2.12. The Morgan fingerprint density at radius 1 is 1.14 bits per heavy atom. The van der Waals surface area contributed by atoms with Gasteiger partial charge in [-0.2, -0.15) is 15.0 Å². The van der Waals surface area contributed by atoms with Gasteiger partial charge in [0.25, 0.3) is 0 Å². The Labute approximate surface area is 125 Å². The highest BCUT2D eigenvalue weighted by Gasteiger charge is 2.18. The molecule has 1 aromatic heterocycles. The monoisotopic (exact) mass is 293 g/mol. The lowest BCUT2D eigenvalue weighted by atomic mass is 10.4. The molecule has 116 valence electrons. The lowest BCUT2D eigenvalue weighted by Crippen LogP contribution is -2.33. The van der Waals surface area contributed by atoms with Gasteiger partial charge >= 0.3 is 0 Å². The molecule has 0 spiro atoms. The van der Waals surface area contributed by atoms with Crippen molar-refractivity contribution in [3.8, 4) is 0 Å². The Bertz CT molecular complexity index is 485. The van der Waals surface area contributed by atoms with Crippen molar-refractivity contribution in [3.63, 3.8) is 0 Å². The molecule has 0 bridgehead atoms. The molecule has 0 unspecified atom stereocenters. The maximum absolute atomic E-state index is 12.0. The summed E-state index contributed by atoms with van der Waals surface area (Å²) in [7, 11) is 3.73. The van der Waals surface area contributed by atoms with Crippen LogP contribution in [0.25, 0.3) is 0 Å². The van der Waals surface area contributed by atoms with E-state index in [0.29, 0.717) is 17.8 Å². The van der Waals surface area contributed by atoms with Crippen LogP contribution >= 0.6 is 0 Å². The summed E-state index contributed by atoms with van der Waals surface area (Å²) in [6.07, 6.45) is 2.18. The molecule has 21 heavy (non-hydrogen) atoms. The smallest absolute Gasteiger partial charge is 0.241 e. The van der Waals surface area contributed by atoms with Gasteiger partial charge < -0.3 is 20.4 Å². The molecule has 8 heteroatoms. The van der Waals surface area contributed by atoms with Crippen LogP contribution < -0.4 is 15.5 Å². The fourth-order valence-corrected chi connectivity index (χ4v) is 2.11. The van der Waals surface area contributed by atoms with Crippen LogP contribution in [0, 0.1) is 0 Å². The lowest BCUT2D eigenvalue weighted by molar-refractivity contribution is -0.128. The fourth-order valence-electron chi connectivity index (χ4n) is 2.11. The third-order valence-electron chi connectivity index (χ3n) is 3.21. The second-order valence-corrected chi connectivity index (χ2v) is 5.15. The highest BCUT2D eigenvalue weighted by atomic mass is 16.2. The van der Waals surface area contributed by atoms with Crippen molar-refractivity contribution in [1.82, 2.24) is 19.9 Å². The van der Waals surface area contributed by atoms with Gasteiger partial charge in [-0.05, 0) is 19.8 Å². The number of nitrogens with zero attached hydrogens (tertiary/aromatic N) is 5. The average Bonchev–Trinajstić information content (AvgIpc) is 2.99. The number of hydrogen-bond acceptors (Lipinski definition) is 7. The zero-order chi connectivity index (χ0) is 15.2. The second-order valence-electron chi connectivity index (χ2n) is 5.15. The summed E-state index contributed by atoms with van der Waals surface area (Å²) >= 11 is 0. The van der Waals surface area contributed by atoms with E-state index < -0.39 is 0 Å².